The Morgan fingerprint density at radius 1 is 1.12 bits per heavy atom. The van der Waals surface area contributed by atoms with Crippen molar-refractivity contribution in [1.82, 2.24) is 4.98 Å². The first-order chi connectivity index (χ1) is 8.36. The number of hydrogen-bond acceptors (Lipinski definition) is 1. The third kappa shape index (κ3) is 1.98. The van der Waals surface area contributed by atoms with Gasteiger partial charge >= 0.3 is 0 Å². The van der Waals surface area contributed by atoms with Gasteiger partial charge in [-0.1, -0.05) is 37.5 Å². The fraction of sp³-hybridized carbons (Fsp3) is 0.467. The van der Waals surface area contributed by atoms with Crippen LogP contribution in [0.3, 0.4) is 0 Å². The van der Waals surface area contributed by atoms with Crippen LogP contribution in [0.25, 0.3) is 10.9 Å². The highest BCUT2D eigenvalue weighted by Crippen LogP contribution is 2.35. The van der Waals surface area contributed by atoms with Gasteiger partial charge in [0.1, 0.15) is 0 Å². The molecule has 1 aromatic heterocycles. The topological polar surface area (TPSA) is 41.8 Å². The van der Waals surface area contributed by atoms with Crippen molar-refractivity contribution in [1.29, 1.82) is 0 Å². The summed E-state index contributed by atoms with van der Waals surface area (Å²) in [6.07, 6.45) is 8.77. The number of aromatic amines is 1. The normalized spacial score (nSPS) is 19.6. The minimum absolute atomic E-state index is 0.200. The van der Waals surface area contributed by atoms with Crippen LogP contribution in [0.15, 0.2) is 30.5 Å². The van der Waals surface area contributed by atoms with E-state index >= 15 is 0 Å². The summed E-state index contributed by atoms with van der Waals surface area (Å²) in [7, 11) is 0. The Bertz CT molecular complexity index is 494. The Balaban J connectivity index is 1.92. The molecule has 2 aromatic rings. The highest BCUT2D eigenvalue weighted by molar-refractivity contribution is 5.83. The van der Waals surface area contributed by atoms with Crippen LogP contribution >= 0.6 is 0 Å². The number of hydrogen-bond donors (Lipinski definition) is 2. The second-order valence-electron chi connectivity index (χ2n) is 5.21. The van der Waals surface area contributed by atoms with E-state index in [0.29, 0.717) is 5.92 Å². The van der Waals surface area contributed by atoms with Crippen molar-refractivity contribution in [3.05, 3.63) is 36.0 Å². The molecule has 17 heavy (non-hydrogen) atoms. The van der Waals surface area contributed by atoms with Crippen molar-refractivity contribution >= 4 is 10.9 Å². The number of benzene rings is 1. The monoisotopic (exact) mass is 228 g/mol. The summed E-state index contributed by atoms with van der Waals surface area (Å²) in [6.45, 7) is 0. The smallest absolute Gasteiger partial charge is 0.0457 e. The summed E-state index contributed by atoms with van der Waals surface area (Å²) in [5.74, 6) is 0.669. The van der Waals surface area contributed by atoms with E-state index in [2.05, 4.69) is 35.4 Å². The largest absolute Gasteiger partial charge is 0.361 e. The van der Waals surface area contributed by atoms with E-state index in [4.69, 9.17) is 5.73 Å². The van der Waals surface area contributed by atoms with Crippen LogP contribution in [0.1, 0.15) is 43.7 Å². The highest BCUT2D eigenvalue weighted by Gasteiger charge is 2.23. The fourth-order valence-corrected chi connectivity index (χ4v) is 3.12. The van der Waals surface area contributed by atoms with Gasteiger partial charge in [0.05, 0.1) is 0 Å². The summed E-state index contributed by atoms with van der Waals surface area (Å²) >= 11 is 0. The highest BCUT2D eigenvalue weighted by atomic mass is 14.7. The molecule has 0 saturated heterocycles. The molecule has 1 atom stereocenters. The number of H-pyrrole nitrogens is 1. The predicted octanol–water partition coefficient (Wildman–Crippen LogP) is 3.75. The molecule has 1 aliphatic rings. The Morgan fingerprint density at radius 3 is 2.71 bits per heavy atom. The van der Waals surface area contributed by atoms with Gasteiger partial charge in [-0.3, -0.25) is 0 Å². The zero-order valence-electron chi connectivity index (χ0n) is 10.2. The maximum absolute atomic E-state index is 6.46. The third-order valence-corrected chi connectivity index (χ3v) is 4.14. The van der Waals surface area contributed by atoms with E-state index in [9.17, 15) is 0 Å². The molecule has 2 nitrogen and oxygen atoms in total. The van der Waals surface area contributed by atoms with E-state index in [-0.39, 0.29) is 6.04 Å². The van der Waals surface area contributed by atoms with Gasteiger partial charge in [0, 0.05) is 23.1 Å². The van der Waals surface area contributed by atoms with Crippen molar-refractivity contribution < 1.29 is 0 Å². The van der Waals surface area contributed by atoms with Crippen molar-refractivity contribution in [2.75, 3.05) is 0 Å². The maximum atomic E-state index is 6.46. The molecule has 0 aliphatic heterocycles. The molecule has 0 amide bonds. The molecular weight excluding hydrogens is 208 g/mol. The summed E-state index contributed by atoms with van der Waals surface area (Å²) < 4.78 is 0. The molecular formula is C15H20N2. The lowest BCUT2D eigenvalue weighted by Gasteiger charge is -2.27. The summed E-state index contributed by atoms with van der Waals surface area (Å²) in [5, 5.41) is 1.30. The molecule has 1 aromatic carbocycles. The van der Waals surface area contributed by atoms with Crippen molar-refractivity contribution in [2.45, 2.75) is 38.1 Å². The van der Waals surface area contributed by atoms with Gasteiger partial charge < -0.3 is 10.7 Å². The van der Waals surface area contributed by atoms with Crippen molar-refractivity contribution in [2.24, 2.45) is 11.7 Å². The standard InChI is InChI=1S/C15H20N2/c16-15(11-6-2-1-3-7-11)13-10-17-14-9-5-4-8-12(13)14/h4-5,8-11,15,17H,1-3,6-7,16H2/t15-/m0/s1. The Morgan fingerprint density at radius 2 is 1.88 bits per heavy atom. The van der Waals surface area contributed by atoms with E-state index in [1.807, 2.05) is 0 Å². The number of nitrogens with two attached hydrogens (primary N) is 1. The van der Waals surface area contributed by atoms with E-state index < -0.39 is 0 Å². The second kappa shape index (κ2) is 4.53. The van der Waals surface area contributed by atoms with Crippen LogP contribution in [0.5, 0.6) is 0 Å². The quantitative estimate of drug-likeness (QED) is 0.807. The van der Waals surface area contributed by atoms with E-state index in [1.54, 1.807) is 0 Å². The van der Waals surface area contributed by atoms with E-state index in [0.717, 1.165) is 0 Å². The lowest BCUT2D eigenvalue weighted by atomic mass is 9.81. The average molecular weight is 228 g/mol. The molecule has 1 heterocycles. The number of nitrogens with one attached hydrogen (secondary N) is 1. The van der Waals surface area contributed by atoms with Gasteiger partial charge in [0.15, 0.2) is 0 Å². The lowest BCUT2D eigenvalue weighted by Crippen LogP contribution is -2.23. The molecule has 1 saturated carbocycles. The van der Waals surface area contributed by atoms with Gasteiger partial charge in [-0.15, -0.1) is 0 Å². The van der Waals surface area contributed by atoms with Gasteiger partial charge in [0.25, 0.3) is 0 Å². The molecule has 0 spiro atoms. The molecule has 0 radical (unpaired) electrons. The number of aromatic nitrogens is 1. The lowest BCUT2D eigenvalue weighted by molar-refractivity contribution is 0.309. The number of fused-ring (bicyclic) bond motifs is 1. The van der Waals surface area contributed by atoms with Crippen LogP contribution in [0.4, 0.5) is 0 Å². The van der Waals surface area contributed by atoms with Crippen LogP contribution in [0, 0.1) is 5.92 Å². The molecule has 0 bridgehead atoms. The first-order valence-electron chi connectivity index (χ1n) is 6.68. The zero-order valence-corrected chi connectivity index (χ0v) is 10.2. The molecule has 3 N–H and O–H groups in total. The molecule has 0 unspecified atom stereocenters. The number of para-hydroxylation sites is 1. The maximum Gasteiger partial charge on any atom is 0.0457 e. The van der Waals surface area contributed by atoms with Crippen molar-refractivity contribution in [3.63, 3.8) is 0 Å². The molecule has 2 heteroatoms. The summed E-state index contributed by atoms with van der Waals surface area (Å²) in [5.41, 5.74) is 8.96. The Kier molecular flexibility index (Phi) is 2.89. The predicted molar refractivity (Wildman–Crippen MR) is 71.8 cm³/mol. The second-order valence-corrected chi connectivity index (χ2v) is 5.21. The van der Waals surface area contributed by atoms with Gasteiger partial charge in [0.2, 0.25) is 0 Å². The molecule has 1 aliphatic carbocycles. The van der Waals surface area contributed by atoms with Gasteiger partial charge in [-0.25, -0.2) is 0 Å². The minimum atomic E-state index is 0.200. The fourth-order valence-electron chi connectivity index (χ4n) is 3.12. The average Bonchev–Trinajstić information content (AvgIpc) is 2.83. The first kappa shape index (κ1) is 10.8. The molecule has 90 valence electrons. The third-order valence-electron chi connectivity index (χ3n) is 4.14. The molecule has 3 rings (SSSR count). The van der Waals surface area contributed by atoms with Crippen molar-refractivity contribution in [3.8, 4) is 0 Å². The van der Waals surface area contributed by atoms with Crippen LogP contribution in [0.2, 0.25) is 0 Å². The Labute approximate surface area is 102 Å². The zero-order chi connectivity index (χ0) is 11.7. The SMILES string of the molecule is N[C@H](c1c[nH]c2ccccc12)C1CCCCC1. The van der Waals surface area contributed by atoms with E-state index in [1.165, 1.54) is 48.6 Å². The Hall–Kier alpha value is -1.28. The first-order valence-corrected chi connectivity index (χ1v) is 6.68. The summed E-state index contributed by atoms with van der Waals surface area (Å²) in [4.78, 5) is 3.33. The van der Waals surface area contributed by atoms with Crippen LogP contribution in [-0.4, -0.2) is 4.98 Å². The van der Waals surface area contributed by atoms with Gasteiger partial charge in [-0.05, 0) is 30.4 Å². The molecule has 1 fully saturated rings. The van der Waals surface area contributed by atoms with Gasteiger partial charge in [-0.2, -0.15) is 0 Å². The van der Waals surface area contributed by atoms with Crippen LogP contribution in [-0.2, 0) is 0 Å². The van der Waals surface area contributed by atoms with Crippen LogP contribution < -0.4 is 5.73 Å². The number of rotatable bonds is 2. The summed E-state index contributed by atoms with van der Waals surface area (Å²) in [6, 6.07) is 8.64. The minimum Gasteiger partial charge on any atom is -0.361 e.